The lowest BCUT2D eigenvalue weighted by molar-refractivity contribution is 0.216. The summed E-state index contributed by atoms with van der Waals surface area (Å²) in [7, 11) is 0. The number of rotatable bonds is 9. The first-order valence-electron chi connectivity index (χ1n) is 11.4. The molecule has 0 spiro atoms. The van der Waals surface area contributed by atoms with E-state index in [0.717, 1.165) is 53.1 Å². The minimum Gasteiger partial charge on any atom is -0.490 e. The van der Waals surface area contributed by atoms with Gasteiger partial charge in [-0.1, -0.05) is 36.7 Å². The first kappa shape index (κ1) is 22.6. The average Bonchev–Trinajstić information content (AvgIpc) is 3.14. The van der Waals surface area contributed by atoms with E-state index in [1.54, 1.807) is 0 Å². The summed E-state index contributed by atoms with van der Waals surface area (Å²) in [6.45, 7) is 8.60. The second kappa shape index (κ2) is 9.94. The van der Waals surface area contributed by atoms with Gasteiger partial charge in [0.25, 0.3) is 0 Å². The number of hydrogen-bond donors (Lipinski definition) is 1. The van der Waals surface area contributed by atoms with Gasteiger partial charge in [0.05, 0.1) is 22.3 Å². The molecule has 33 heavy (non-hydrogen) atoms. The van der Waals surface area contributed by atoms with E-state index in [1.165, 1.54) is 0 Å². The smallest absolute Gasteiger partial charge is 0.197 e. The molecule has 0 unspecified atom stereocenters. The highest BCUT2D eigenvalue weighted by Crippen LogP contribution is 2.31. The van der Waals surface area contributed by atoms with E-state index < -0.39 is 0 Å². The zero-order chi connectivity index (χ0) is 23.4. The Morgan fingerprint density at radius 3 is 2.45 bits per heavy atom. The van der Waals surface area contributed by atoms with Crippen molar-refractivity contribution in [2.45, 2.75) is 47.0 Å². The maximum atomic E-state index is 13.6. The van der Waals surface area contributed by atoms with Gasteiger partial charge < -0.3 is 19.0 Å². The molecule has 2 aromatic heterocycles. The third-order valence-corrected chi connectivity index (χ3v) is 5.81. The topological polar surface area (TPSA) is 77.4 Å². The minimum atomic E-state index is -0.0210. The van der Waals surface area contributed by atoms with Crippen LogP contribution in [-0.4, -0.2) is 23.4 Å². The van der Waals surface area contributed by atoms with Gasteiger partial charge in [0.1, 0.15) is 30.5 Å². The van der Waals surface area contributed by atoms with Crippen molar-refractivity contribution in [2.24, 2.45) is 0 Å². The maximum absolute atomic E-state index is 13.6. The molecule has 0 saturated heterocycles. The van der Waals surface area contributed by atoms with Gasteiger partial charge in [0, 0.05) is 17.1 Å². The molecule has 6 heteroatoms. The zero-order valence-electron chi connectivity index (χ0n) is 19.7. The molecule has 0 amide bonds. The van der Waals surface area contributed by atoms with Crippen LogP contribution in [0.4, 0.5) is 0 Å². The van der Waals surface area contributed by atoms with Gasteiger partial charge in [0.15, 0.2) is 5.43 Å². The summed E-state index contributed by atoms with van der Waals surface area (Å²) in [5.74, 6) is 2.25. The number of aryl methyl sites for hydroxylation is 4. The molecule has 0 atom stereocenters. The Kier molecular flexibility index (Phi) is 6.82. The molecule has 4 aromatic rings. The number of fused-ring (bicyclic) bond motifs is 1. The van der Waals surface area contributed by atoms with Crippen LogP contribution >= 0.6 is 0 Å². The summed E-state index contributed by atoms with van der Waals surface area (Å²) in [4.78, 5) is 17.0. The van der Waals surface area contributed by atoms with Crippen molar-refractivity contribution in [3.8, 4) is 22.6 Å². The second-order valence-electron chi connectivity index (χ2n) is 8.27. The summed E-state index contributed by atoms with van der Waals surface area (Å²) in [6.07, 6.45) is 2.92. The molecule has 2 heterocycles. The molecule has 0 aliphatic heterocycles. The van der Waals surface area contributed by atoms with Gasteiger partial charge in [-0.05, 0) is 57.4 Å². The van der Waals surface area contributed by atoms with E-state index >= 15 is 0 Å². The lowest BCUT2D eigenvalue weighted by Gasteiger charge is -2.15. The van der Waals surface area contributed by atoms with Crippen LogP contribution in [0.15, 0.2) is 51.8 Å². The van der Waals surface area contributed by atoms with Crippen LogP contribution < -0.4 is 14.9 Å². The molecular formula is C27H30N2O4. The van der Waals surface area contributed by atoms with Crippen LogP contribution in [0.2, 0.25) is 0 Å². The van der Waals surface area contributed by atoms with Gasteiger partial charge in [-0.3, -0.25) is 4.79 Å². The van der Waals surface area contributed by atoms with Crippen LogP contribution in [0, 0.1) is 20.8 Å². The number of aromatic nitrogens is 2. The number of benzene rings is 2. The molecule has 0 aliphatic carbocycles. The molecule has 172 valence electrons. The van der Waals surface area contributed by atoms with Gasteiger partial charge in [-0.25, -0.2) is 0 Å². The number of aromatic amines is 1. The van der Waals surface area contributed by atoms with Crippen LogP contribution in [-0.2, 0) is 6.42 Å². The van der Waals surface area contributed by atoms with Crippen molar-refractivity contribution in [2.75, 3.05) is 13.2 Å². The quantitative estimate of drug-likeness (QED) is 0.324. The summed E-state index contributed by atoms with van der Waals surface area (Å²) in [5, 5.41) is 4.68. The highest BCUT2D eigenvalue weighted by molar-refractivity contribution is 5.87. The van der Waals surface area contributed by atoms with Crippen LogP contribution in [0.1, 0.15) is 42.5 Å². The summed E-state index contributed by atoms with van der Waals surface area (Å²) in [5.41, 5.74) is 4.64. The van der Waals surface area contributed by atoms with Gasteiger partial charge in [-0.15, -0.1) is 0 Å². The molecule has 0 bridgehead atoms. The lowest BCUT2D eigenvalue weighted by atomic mass is 9.97. The fourth-order valence-electron chi connectivity index (χ4n) is 4.15. The average molecular weight is 447 g/mol. The number of pyridine rings is 1. The summed E-state index contributed by atoms with van der Waals surface area (Å²) >= 11 is 0. The van der Waals surface area contributed by atoms with E-state index in [0.29, 0.717) is 35.6 Å². The van der Waals surface area contributed by atoms with Crippen LogP contribution in [0.5, 0.6) is 11.5 Å². The summed E-state index contributed by atoms with van der Waals surface area (Å²) in [6, 6.07) is 13.6. The Bertz CT molecular complexity index is 1290. The molecular weight excluding hydrogens is 416 g/mol. The van der Waals surface area contributed by atoms with Gasteiger partial charge >= 0.3 is 0 Å². The second-order valence-corrected chi connectivity index (χ2v) is 8.27. The van der Waals surface area contributed by atoms with Crippen molar-refractivity contribution in [3.63, 3.8) is 0 Å². The fourth-order valence-corrected chi connectivity index (χ4v) is 4.15. The molecule has 0 fully saturated rings. The van der Waals surface area contributed by atoms with Crippen molar-refractivity contribution in [1.29, 1.82) is 0 Å². The number of nitrogens with one attached hydrogen (secondary N) is 1. The van der Waals surface area contributed by atoms with Gasteiger partial charge in [0.2, 0.25) is 0 Å². The standard InChI is InChI=1S/C27H30N2O4/c1-5-6-10-20-15-22-23(16-24(20)32-14-13-31-21-11-8-7-9-12-21)28-17(2)26(27(22)30)25-18(3)29-33-19(25)4/h7-9,11-12,15-16H,5-6,10,13-14H2,1-4H3,(H,28,30). The minimum absolute atomic E-state index is 0.0210. The Morgan fingerprint density at radius 2 is 1.76 bits per heavy atom. The number of unbranched alkanes of at least 4 members (excludes halogenated alkanes) is 1. The van der Waals surface area contributed by atoms with E-state index in [4.69, 9.17) is 14.0 Å². The Morgan fingerprint density at radius 1 is 1.00 bits per heavy atom. The highest BCUT2D eigenvalue weighted by Gasteiger charge is 2.20. The van der Waals surface area contributed by atoms with E-state index in [2.05, 4.69) is 17.1 Å². The maximum Gasteiger partial charge on any atom is 0.197 e. The first-order valence-corrected chi connectivity index (χ1v) is 11.4. The van der Waals surface area contributed by atoms with Crippen molar-refractivity contribution < 1.29 is 14.0 Å². The predicted molar refractivity (Wildman–Crippen MR) is 130 cm³/mol. The van der Waals surface area contributed by atoms with Crippen LogP contribution in [0.25, 0.3) is 22.0 Å². The van der Waals surface area contributed by atoms with Crippen molar-refractivity contribution in [3.05, 3.63) is 75.4 Å². The highest BCUT2D eigenvalue weighted by atomic mass is 16.5. The number of nitrogens with zero attached hydrogens (tertiary/aromatic N) is 1. The molecule has 2 aromatic carbocycles. The number of H-pyrrole nitrogens is 1. The third kappa shape index (κ3) is 4.80. The zero-order valence-corrected chi connectivity index (χ0v) is 19.7. The SMILES string of the molecule is CCCCc1cc2c(=O)c(-c3c(C)noc3C)c(C)[nH]c2cc1OCCOc1ccccc1. The lowest BCUT2D eigenvalue weighted by Crippen LogP contribution is -2.13. The fraction of sp³-hybridized carbons (Fsp3) is 0.333. The molecule has 6 nitrogen and oxygen atoms in total. The Balaban J connectivity index is 1.67. The monoisotopic (exact) mass is 446 g/mol. The first-order chi connectivity index (χ1) is 16.0. The van der Waals surface area contributed by atoms with Crippen LogP contribution in [0.3, 0.4) is 0 Å². The van der Waals surface area contributed by atoms with E-state index in [-0.39, 0.29) is 5.43 Å². The number of para-hydroxylation sites is 1. The molecule has 0 aliphatic rings. The van der Waals surface area contributed by atoms with Gasteiger partial charge in [-0.2, -0.15) is 0 Å². The Hall–Kier alpha value is -3.54. The van der Waals surface area contributed by atoms with E-state index in [1.807, 2.05) is 63.2 Å². The number of ether oxygens (including phenoxy) is 2. The third-order valence-electron chi connectivity index (χ3n) is 5.81. The predicted octanol–water partition coefficient (Wildman–Crippen LogP) is 5.91. The molecule has 1 N–H and O–H groups in total. The largest absolute Gasteiger partial charge is 0.490 e. The molecule has 0 radical (unpaired) electrons. The van der Waals surface area contributed by atoms with Crippen molar-refractivity contribution in [1.82, 2.24) is 10.1 Å². The normalized spacial score (nSPS) is 11.2. The molecule has 0 saturated carbocycles. The number of hydrogen-bond acceptors (Lipinski definition) is 5. The molecule has 4 rings (SSSR count). The summed E-state index contributed by atoms with van der Waals surface area (Å²) < 4.78 is 17.2. The Labute approximate surface area is 193 Å². The van der Waals surface area contributed by atoms with E-state index in [9.17, 15) is 4.79 Å². The van der Waals surface area contributed by atoms with Crippen molar-refractivity contribution >= 4 is 10.9 Å².